The number of aromatic amines is 1. The molecule has 0 atom stereocenters. The van der Waals surface area contributed by atoms with Crippen molar-refractivity contribution < 1.29 is 4.74 Å². The number of pyridine rings is 1. The molecule has 0 radical (unpaired) electrons. The second-order valence-corrected chi connectivity index (χ2v) is 9.10. The zero-order chi connectivity index (χ0) is 18.8. The maximum Gasteiger partial charge on any atom is 0.148 e. The molecule has 0 aliphatic heterocycles. The van der Waals surface area contributed by atoms with Crippen LogP contribution in [0, 0.1) is 0 Å². The lowest BCUT2D eigenvalue weighted by Gasteiger charge is -2.24. The summed E-state index contributed by atoms with van der Waals surface area (Å²) >= 11 is 3.40. The average Bonchev–Trinajstić information content (AvgIpc) is 3.39. The zero-order valence-corrected chi connectivity index (χ0v) is 17.1. The van der Waals surface area contributed by atoms with Gasteiger partial charge in [0.25, 0.3) is 0 Å². The number of nitrogens with zero attached hydrogens (tertiary/aromatic N) is 2. The first-order chi connectivity index (χ1) is 13.8. The zero-order valence-electron chi connectivity index (χ0n) is 15.4. The van der Waals surface area contributed by atoms with Crippen LogP contribution in [-0.4, -0.2) is 21.1 Å². The summed E-state index contributed by atoms with van der Waals surface area (Å²) in [4.78, 5) is 15.8. The van der Waals surface area contributed by atoms with Gasteiger partial charge in [0.2, 0.25) is 0 Å². The number of benzene rings is 1. The number of nitrogens with one attached hydrogen (secondary N) is 1. The maximum atomic E-state index is 6.49. The van der Waals surface area contributed by atoms with E-state index in [0.29, 0.717) is 6.10 Å². The molecular formula is C22H21N3OS2. The molecule has 1 N–H and O–H groups in total. The number of hydrogen-bond acceptors (Lipinski definition) is 5. The van der Waals surface area contributed by atoms with Gasteiger partial charge in [-0.25, -0.2) is 4.98 Å². The van der Waals surface area contributed by atoms with Crippen LogP contribution in [0.5, 0.6) is 5.75 Å². The Morgan fingerprint density at radius 2 is 1.93 bits per heavy atom. The number of imidazole rings is 1. The lowest BCUT2D eigenvalue weighted by Crippen LogP contribution is -2.19. The summed E-state index contributed by atoms with van der Waals surface area (Å²) in [6, 6.07) is 12.5. The number of ether oxygens (including phenoxy) is 1. The van der Waals surface area contributed by atoms with Gasteiger partial charge in [-0.3, -0.25) is 4.98 Å². The minimum absolute atomic E-state index is 0.308. The highest BCUT2D eigenvalue weighted by molar-refractivity contribution is 7.99. The van der Waals surface area contributed by atoms with Crippen LogP contribution in [0.3, 0.4) is 0 Å². The highest BCUT2D eigenvalue weighted by Gasteiger charge is 2.19. The van der Waals surface area contributed by atoms with Crippen LogP contribution >= 0.6 is 23.1 Å². The van der Waals surface area contributed by atoms with Crippen LogP contribution in [0.25, 0.3) is 21.7 Å². The van der Waals surface area contributed by atoms with Gasteiger partial charge in [-0.05, 0) is 55.3 Å². The molecule has 1 saturated carbocycles. The van der Waals surface area contributed by atoms with Gasteiger partial charge < -0.3 is 9.72 Å². The van der Waals surface area contributed by atoms with Gasteiger partial charge in [-0.2, -0.15) is 0 Å². The second-order valence-electron chi connectivity index (χ2n) is 7.04. The predicted octanol–water partition coefficient (Wildman–Crippen LogP) is 6.55. The molecule has 0 spiro atoms. The van der Waals surface area contributed by atoms with Crippen LogP contribution in [0.1, 0.15) is 32.1 Å². The summed E-state index contributed by atoms with van der Waals surface area (Å²) in [6.07, 6.45) is 10.1. The van der Waals surface area contributed by atoms with E-state index in [1.807, 2.05) is 24.5 Å². The van der Waals surface area contributed by atoms with Crippen LogP contribution in [0.4, 0.5) is 0 Å². The molecule has 1 aromatic carbocycles. The van der Waals surface area contributed by atoms with Gasteiger partial charge in [0, 0.05) is 23.4 Å². The summed E-state index contributed by atoms with van der Waals surface area (Å²) in [5, 5.41) is 2.07. The minimum atomic E-state index is 0.308. The van der Waals surface area contributed by atoms with Gasteiger partial charge in [-0.15, -0.1) is 11.3 Å². The quantitative estimate of drug-likeness (QED) is 0.407. The van der Waals surface area contributed by atoms with E-state index in [9.17, 15) is 0 Å². The molecule has 28 heavy (non-hydrogen) atoms. The Labute approximate surface area is 172 Å². The first kappa shape index (κ1) is 17.8. The van der Waals surface area contributed by atoms with Crippen LogP contribution in [0.15, 0.2) is 64.0 Å². The molecule has 1 aliphatic carbocycles. The van der Waals surface area contributed by atoms with E-state index in [1.54, 1.807) is 23.1 Å². The van der Waals surface area contributed by atoms with E-state index >= 15 is 0 Å². The topological polar surface area (TPSA) is 50.8 Å². The van der Waals surface area contributed by atoms with E-state index in [4.69, 9.17) is 9.72 Å². The van der Waals surface area contributed by atoms with Crippen molar-refractivity contribution in [1.82, 2.24) is 15.0 Å². The van der Waals surface area contributed by atoms with Crippen molar-refractivity contribution in [2.75, 3.05) is 0 Å². The van der Waals surface area contributed by atoms with E-state index in [-0.39, 0.29) is 0 Å². The Morgan fingerprint density at radius 1 is 1.07 bits per heavy atom. The lowest BCUT2D eigenvalue weighted by molar-refractivity contribution is 0.151. The van der Waals surface area contributed by atoms with Crippen LogP contribution < -0.4 is 4.74 Å². The summed E-state index contributed by atoms with van der Waals surface area (Å²) in [5.41, 5.74) is 1.99. The molecule has 0 saturated heterocycles. The molecule has 4 nitrogen and oxygen atoms in total. The number of rotatable bonds is 5. The Bertz CT molecular complexity index is 1050. The van der Waals surface area contributed by atoms with Crippen molar-refractivity contribution in [3.63, 3.8) is 0 Å². The number of H-pyrrole nitrogens is 1. The third kappa shape index (κ3) is 3.80. The summed E-state index contributed by atoms with van der Waals surface area (Å²) < 4.78 is 6.49. The lowest BCUT2D eigenvalue weighted by atomic mass is 9.98. The first-order valence-corrected chi connectivity index (χ1v) is 11.4. The van der Waals surface area contributed by atoms with Crippen LogP contribution in [-0.2, 0) is 0 Å². The molecule has 0 bridgehead atoms. The molecule has 1 fully saturated rings. The predicted molar refractivity (Wildman–Crippen MR) is 115 cm³/mol. The Kier molecular flexibility index (Phi) is 5.06. The van der Waals surface area contributed by atoms with Crippen molar-refractivity contribution in [2.24, 2.45) is 0 Å². The fourth-order valence-corrected chi connectivity index (χ4v) is 5.17. The molecule has 4 aromatic rings. The van der Waals surface area contributed by atoms with E-state index < -0.39 is 0 Å². The first-order valence-electron chi connectivity index (χ1n) is 9.67. The molecule has 3 heterocycles. The summed E-state index contributed by atoms with van der Waals surface area (Å²) in [6.45, 7) is 0. The van der Waals surface area contributed by atoms with E-state index in [2.05, 4.69) is 39.6 Å². The molecular weight excluding hydrogens is 386 g/mol. The average molecular weight is 408 g/mol. The molecule has 1 aliphatic rings. The van der Waals surface area contributed by atoms with Crippen LogP contribution in [0.2, 0.25) is 0 Å². The molecule has 0 unspecified atom stereocenters. The normalized spacial score (nSPS) is 15.1. The Morgan fingerprint density at radius 3 is 2.71 bits per heavy atom. The number of fused-ring (bicyclic) bond motifs is 1. The van der Waals surface area contributed by atoms with Crippen molar-refractivity contribution >= 4 is 34.1 Å². The molecule has 142 valence electrons. The van der Waals surface area contributed by atoms with E-state index in [0.717, 1.165) is 50.1 Å². The molecule has 5 rings (SSSR count). The smallest absolute Gasteiger partial charge is 0.148 e. The molecule has 6 heteroatoms. The monoisotopic (exact) mass is 407 g/mol. The number of thiophene rings is 1. The maximum absolute atomic E-state index is 6.49. The van der Waals surface area contributed by atoms with Gasteiger partial charge >= 0.3 is 0 Å². The summed E-state index contributed by atoms with van der Waals surface area (Å²) in [7, 11) is 0. The fourth-order valence-electron chi connectivity index (χ4n) is 3.62. The van der Waals surface area contributed by atoms with Gasteiger partial charge in [0.05, 0.1) is 26.9 Å². The second kappa shape index (κ2) is 7.97. The van der Waals surface area contributed by atoms with Gasteiger partial charge in [-0.1, -0.05) is 24.2 Å². The number of hydrogen-bond donors (Lipinski definition) is 1. The third-order valence-electron chi connectivity index (χ3n) is 5.03. The largest absolute Gasteiger partial charge is 0.489 e. The number of aromatic nitrogens is 3. The third-order valence-corrected chi connectivity index (χ3v) is 6.95. The van der Waals surface area contributed by atoms with Crippen molar-refractivity contribution in [3.05, 3.63) is 54.2 Å². The van der Waals surface area contributed by atoms with Crippen molar-refractivity contribution in [1.29, 1.82) is 0 Å². The van der Waals surface area contributed by atoms with Crippen molar-refractivity contribution in [3.8, 4) is 16.5 Å². The highest BCUT2D eigenvalue weighted by atomic mass is 32.2. The van der Waals surface area contributed by atoms with E-state index in [1.165, 1.54) is 19.3 Å². The minimum Gasteiger partial charge on any atom is -0.489 e. The molecule has 0 amide bonds. The SMILES string of the molecule is c1csc(-c2nc3cc(Sc4ccncc4)c(OC4CCCCC4)cc3[nH]2)c1. The molecule has 3 aromatic heterocycles. The Balaban J connectivity index is 1.53. The Hall–Kier alpha value is -2.31. The highest BCUT2D eigenvalue weighted by Crippen LogP contribution is 2.39. The van der Waals surface area contributed by atoms with Crippen molar-refractivity contribution in [2.45, 2.75) is 48.0 Å². The van der Waals surface area contributed by atoms with Gasteiger partial charge in [0.15, 0.2) is 0 Å². The van der Waals surface area contributed by atoms with Gasteiger partial charge in [0.1, 0.15) is 11.6 Å². The standard InChI is InChI=1S/C22H21N3OS2/c1-2-5-15(6-3-1)26-19-13-17-18(25-22(24-17)20-7-4-12-27-20)14-21(19)28-16-8-10-23-11-9-16/h4,7-15H,1-3,5-6H2,(H,24,25). The summed E-state index contributed by atoms with van der Waals surface area (Å²) in [5.74, 6) is 1.86. The fraction of sp³-hybridized carbons (Fsp3) is 0.273.